The van der Waals surface area contributed by atoms with Gasteiger partial charge in [-0.3, -0.25) is 19.5 Å². The number of nitrogens with one attached hydrogen (secondary N) is 2. The van der Waals surface area contributed by atoms with Crippen LogP contribution in [-0.2, 0) is 16.1 Å². The fourth-order valence-electron chi connectivity index (χ4n) is 4.56. The van der Waals surface area contributed by atoms with E-state index in [0.29, 0.717) is 19.5 Å². The molecule has 1 aromatic heterocycles. The summed E-state index contributed by atoms with van der Waals surface area (Å²) in [4.78, 5) is 33.3. The number of carbonyl (C=O) groups is 2. The first-order chi connectivity index (χ1) is 13.2. The van der Waals surface area contributed by atoms with E-state index < -0.39 is 0 Å². The maximum atomic E-state index is 12.4. The van der Waals surface area contributed by atoms with Gasteiger partial charge in [0.1, 0.15) is 0 Å². The minimum atomic E-state index is -0.0770. The summed E-state index contributed by atoms with van der Waals surface area (Å²) in [5.74, 6) is 0.393. The van der Waals surface area contributed by atoms with Gasteiger partial charge in [-0.25, -0.2) is 0 Å². The number of amides is 2. The van der Waals surface area contributed by atoms with Gasteiger partial charge in [-0.05, 0) is 37.8 Å². The zero-order chi connectivity index (χ0) is 18.6. The van der Waals surface area contributed by atoms with Gasteiger partial charge in [-0.2, -0.15) is 0 Å². The van der Waals surface area contributed by atoms with Crippen LogP contribution in [-0.4, -0.2) is 70.9 Å². The molecule has 0 saturated carbocycles. The zero-order valence-electron chi connectivity index (χ0n) is 15.8. The van der Waals surface area contributed by atoms with Gasteiger partial charge in [-0.15, -0.1) is 0 Å². The number of likely N-dealkylation sites (tertiary alicyclic amines) is 1. The second kappa shape index (κ2) is 8.35. The van der Waals surface area contributed by atoms with Crippen LogP contribution in [0, 0.1) is 0 Å². The zero-order valence-corrected chi connectivity index (χ0v) is 15.8. The van der Waals surface area contributed by atoms with E-state index in [4.69, 9.17) is 0 Å². The largest absolute Gasteiger partial charge is 0.353 e. The highest BCUT2D eigenvalue weighted by Crippen LogP contribution is 2.26. The van der Waals surface area contributed by atoms with Crippen LogP contribution in [0.2, 0.25) is 0 Å². The molecule has 3 saturated heterocycles. The van der Waals surface area contributed by atoms with Gasteiger partial charge in [0, 0.05) is 57.4 Å². The molecule has 0 radical (unpaired) electrons. The van der Waals surface area contributed by atoms with Crippen LogP contribution in [0.4, 0.5) is 0 Å². The Morgan fingerprint density at radius 3 is 2.93 bits per heavy atom. The van der Waals surface area contributed by atoms with E-state index in [1.165, 1.54) is 0 Å². The lowest BCUT2D eigenvalue weighted by molar-refractivity contribution is -0.131. The first-order valence-corrected chi connectivity index (χ1v) is 10.2. The van der Waals surface area contributed by atoms with Gasteiger partial charge in [0.25, 0.3) is 0 Å². The second-order valence-electron chi connectivity index (χ2n) is 7.87. The Morgan fingerprint density at radius 1 is 1.30 bits per heavy atom. The summed E-state index contributed by atoms with van der Waals surface area (Å²) in [6.07, 6.45) is 6.27. The highest BCUT2D eigenvalue weighted by Gasteiger charge is 2.43. The molecule has 146 valence electrons. The number of hydrogen-bond donors (Lipinski definition) is 2. The van der Waals surface area contributed by atoms with Gasteiger partial charge in [-0.1, -0.05) is 6.07 Å². The van der Waals surface area contributed by atoms with Crippen LogP contribution in [0.1, 0.15) is 37.8 Å². The van der Waals surface area contributed by atoms with Gasteiger partial charge in [0.05, 0.1) is 11.7 Å². The molecule has 3 fully saturated rings. The number of fused-ring (bicyclic) bond motifs is 1. The number of rotatable bonds is 6. The molecule has 0 unspecified atom stereocenters. The highest BCUT2D eigenvalue weighted by molar-refractivity contribution is 5.83. The molecule has 1 aromatic rings. The molecule has 7 nitrogen and oxygen atoms in total. The molecule has 0 aliphatic carbocycles. The predicted molar refractivity (Wildman–Crippen MR) is 102 cm³/mol. The fraction of sp³-hybridized carbons (Fsp3) is 0.650. The van der Waals surface area contributed by atoms with Gasteiger partial charge in [0.15, 0.2) is 0 Å². The summed E-state index contributed by atoms with van der Waals surface area (Å²) in [6, 6.07) is 6.36. The average Bonchev–Trinajstić information content (AvgIpc) is 3.37. The van der Waals surface area contributed by atoms with E-state index in [9.17, 15) is 9.59 Å². The van der Waals surface area contributed by atoms with Crippen molar-refractivity contribution >= 4 is 11.8 Å². The molecule has 7 heteroatoms. The van der Waals surface area contributed by atoms with Crippen LogP contribution < -0.4 is 10.6 Å². The summed E-state index contributed by atoms with van der Waals surface area (Å²) in [6.45, 7) is 4.03. The lowest BCUT2D eigenvalue weighted by Gasteiger charge is -2.37. The third-order valence-electron chi connectivity index (χ3n) is 6.07. The Morgan fingerprint density at radius 2 is 2.15 bits per heavy atom. The molecule has 4 heterocycles. The second-order valence-corrected chi connectivity index (χ2v) is 7.87. The molecule has 0 aromatic carbocycles. The van der Waals surface area contributed by atoms with Crippen LogP contribution in [0.3, 0.4) is 0 Å². The normalized spacial score (nSPS) is 28.2. The van der Waals surface area contributed by atoms with Crippen LogP contribution >= 0.6 is 0 Å². The summed E-state index contributed by atoms with van der Waals surface area (Å²) in [5, 5.41) is 6.59. The lowest BCUT2D eigenvalue weighted by atomic mass is 10.0. The molecule has 0 spiro atoms. The summed E-state index contributed by atoms with van der Waals surface area (Å²) < 4.78 is 0. The number of piperazine rings is 1. The molecule has 2 amide bonds. The van der Waals surface area contributed by atoms with E-state index in [-0.39, 0.29) is 29.9 Å². The van der Waals surface area contributed by atoms with Crippen molar-refractivity contribution in [3.05, 3.63) is 30.1 Å². The van der Waals surface area contributed by atoms with Gasteiger partial charge >= 0.3 is 0 Å². The Bertz CT molecular complexity index is 662. The third-order valence-corrected chi connectivity index (χ3v) is 6.07. The van der Waals surface area contributed by atoms with Crippen molar-refractivity contribution in [1.82, 2.24) is 25.4 Å². The smallest absolute Gasteiger partial charge is 0.237 e. The van der Waals surface area contributed by atoms with Crippen molar-refractivity contribution in [2.75, 3.05) is 26.2 Å². The van der Waals surface area contributed by atoms with Crippen molar-refractivity contribution in [3.63, 3.8) is 0 Å². The quantitative estimate of drug-likeness (QED) is 0.762. The Hall–Kier alpha value is -1.99. The number of carbonyl (C=O) groups excluding carboxylic acids is 2. The average molecular weight is 371 g/mol. The predicted octanol–water partition coefficient (Wildman–Crippen LogP) is 0.515. The molecular formula is C20H29N5O2. The monoisotopic (exact) mass is 371 g/mol. The van der Waals surface area contributed by atoms with Crippen LogP contribution in [0.15, 0.2) is 24.4 Å². The SMILES string of the molecule is O=C1NC[C@@H](CCC(=O)N2CCCC2)N2C[C@H](NCc3ccccn3)C[C@H]12. The lowest BCUT2D eigenvalue weighted by Crippen LogP contribution is -2.58. The molecule has 4 rings (SSSR count). The van der Waals surface area contributed by atoms with Crippen molar-refractivity contribution < 1.29 is 9.59 Å². The molecule has 3 aliphatic rings. The van der Waals surface area contributed by atoms with Crippen molar-refractivity contribution in [2.24, 2.45) is 0 Å². The Labute approximate surface area is 160 Å². The third kappa shape index (κ3) is 4.30. The topological polar surface area (TPSA) is 77.6 Å². The van der Waals surface area contributed by atoms with Crippen LogP contribution in [0.5, 0.6) is 0 Å². The van der Waals surface area contributed by atoms with Crippen molar-refractivity contribution in [2.45, 2.75) is 56.8 Å². The first-order valence-electron chi connectivity index (χ1n) is 10.2. The van der Waals surface area contributed by atoms with E-state index in [2.05, 4.69) is 20.5 Å². The van der Waals surface area contributed by atoms with E-state index >= 15 is 0 Å². The minimum absolute atomic E-state index is 0.0770. The number of nitrogens with zero attached hydrogens (tertiary/aromatic N) is 3. The Balaban J connectivity index is 1.30. The van der Waals surface area contributed by atoms with Crippen molar-refractivity contribution in [3.8, 4) is 0 Å². The van der Waals surface area contributed by atoms with Crippen LogP contribution in [0.25, 0.3) is 0 Å². The fourth-order valence-corrected chi connectivity index (χ4v) is 4.56. The Kier molecular flexibility index (Phi) is 5.69. The first kappa shape index (κ1) is 18.4. The van der Waals surface area contributed by atoms with E-state index in [1.54, 1.807) is 6.20 Å². The molecule has 0 bridgehead atoms. The van der Waals surface area contributed by atoms with Crippen molar-refractivity contribution in [1.29, 1.82) is 0 Å². The summed E-state index contributed by atoms with van der Waals surface area (Å²) in [5.41, 5.74) is 1.01. The number of pyridine rings is 1. The minimum Gasteiger partial charge on any atom is -0.353 e. The number of hydrogen-bond acceptors (Lipinski definition) is 5. The van der Waals surface area contributed by atoms with E-state index in [1.807, 2.05) is 23.1 Å². The molecule has 2 N–H and O–H groups in total. The molecule has 3 aliphatic heterocycles. The maximum absolute atomic E-state index is 12.4. The number of aromatic nitrogens is 1. The molecular weight excluding hydrogens is 342 g/mol. The molecule has 3 atom stereocenters. The van der Waals surface area contributed by atoms with Gasteiger partial charge < -0.3 is 15.5 Å². The molecule has 27 heavy (non-hydrogen) atoms. The standard InChI is InChI=1S/C20H29N5O2/c26-19(24-9-3-4-10-24)7-6-17-13-23-20(27)18-11-16(14-25(17)18)22-12-15-5-1-2-8-21-15/h1-2,5,8,16-18,22H,3-4,6-7,9-14H2,(H,23,27)/t16-,17-,18-/m1/s1. The summed E-state index contributed by atoms with van der Waals surface area (Å²) >= 11 is 0. The maximum Gasteiger partial charge on any atom is 0.237 e. The summed E-state index contributed by atoms with van der Waals surface area (Å²) in [7, 11) is 0. The highest BCUT2D eigenvalue weighted by atomic mass is 16.2. The van der Waals surface area contributed by atoms with E-state index in [0.717, 1.165) is 51.0 Å². The van der Waals surface area contributed by atoms with Gasteiger partial charge in [0.2, 0.25) is 11.8 Å².